The quantitative estimate of drug-likeness (QED) is 0.718. The van der Waals surface area contributed by atoms with Gasteiger partial charge in [-0.15, -0.1) is 0 Å². The lowest BCUT2D eigenvalue weighted by molar-refractivity contribution is 0.474. The molecule has 1 aliphatic heterocycles. The number of hydrogen-bond donors (Lipinski definition) is 0. The van der Waals surface area contributed by atoms with Crippen LogP contribution in [-0.4, -0.2) is 13.4 Å². The molecule has 0 fully saturated rings. The predicted octanol–water partition coefficient (Wildman–Crippen LogP) is 3.72. The topological polar surface area (TPSA) is 59.5 Å². The summed E-state index contributed by atoms with van der Waals surface area (Å²) in [6.45, 7) is 0.161. The molecule has 2 heterocycles. The van der Waals surface area contributed by atoms with Crippen LogP contribution in [0.1, 0.15) is 5.56 Å². The highest BCUT2D eigenvalue weighted by Crippen LogP contribution is 2.36. The number of ether oxygens (including phenoxy) is 1. The summed E-state index contributed by atoms with van der Waals surface area (Å²) in [4.78, 5) is 4.17. The fourth-order valence-electron chi connectivity index (χ4n) is 2.77. The van der Waals surface area contributed by atoms with Gasteiger partial charge in [-0.2, -0.15) is 0 Å². The van der Waals surface area contributed by atoms with Crippen molar-refractivity contribution < 1.29 is 17.5 Å². The highest BCUT2D eigenvalue weighted by molar-refractivity contribution is 7.93. The van der Waals surface area contributed by atoms with Crippen molar-refractivity contribution in [2.24, 2.45) is 0 Å². The van der Waals surface area contributed by atoms with Gasteiger partial charge in [0.1, 0.15) is 17.3 Å². The molecule has 2 aromatic carbocycles. The molecule has 7 heteroatoms. The molecule has 3 aromatic rings. The third-order valence-electron chi connectivity index (χ3n) is 3.87. The summed E-state index contributed by atoms with van der Waals surface area (Å²) in [5, 5.41) is 0. The second kappa shape index (κ2) is 5.86. The summed E-state index contributed by atoms with van der Waals surface area (Å²) >= 11 is 0. The zero-order chi connectivity index (χ0) is 17.4. The van der Waals surface area contributed by atoms with E-state index >= 15 is 0 Å². The number of halogens is 1. The zero-order valence-corrected chi connectivity index (χ0v) is 13.8. The Hall–Kier alpha value is -2.93. The Kier molecular flexibility index (Phi) is 3.65. The van der Waals surface area contributed by atoms with E-state index in [1.54, 1.807) is 42.6 Å². The standard InChI is InChI=1S/C18H13FN2O3S/c19-14-8-15(10-17(9-14)24-16-5-3-7-20-11-16)21-12-13-4-1-2-6-18(13)25(21,22)23/h1-11H,12H2. The molecule has 0 spiro atoms. The summed E-state index contributed by atoms with van der Waals surface area (Å²) in [5.41, 5.74) is 0.900. The van der Waals surface area contributed by atoms with Crippen molar-refractivity contribution in [3.8, 4) is 11.5 Å². The minimum Gasteiger partial charge on any atom is -0.456 e. The van der Waals surface area contributed by atoms with Crippen molar-refractivity contribution >= 4 is 15.7 Å². The lowest BCUT2D eigenvalue weighted by Crippen LogP contribution is -2.23. The number of rotatable bonds is 3. The molecule has 0 saturated heterocycles. The average Bonchev–Trinajstić information content (AvgIpc) is 2.87. The van der Waals surface area contributed by atoms with Crippen LogP contribution in [0, 0.1) is 5.82 Å². The third-order valence-corrected chi connectivity index (χ3v) is 5.74. The van der Waals surface area contributed by atoms with E-state index in [-0.39, 0.29) is 22.9 Å². The first-order valence-electron chi connectivity index (χ1n) is 7.53. The number of hydrogen-bond acceptors (Lipinski definition) is 4. The Morgan fingerprint density at radius 3 is 2.64 bits per heavy atom. The van der Waals surface area contributed by atoms with Gasteiger partial charge in [-0.05, 0) is 29.8 Å². The normalized spacial score (nSPS) is 15.0. The predicted molar refractivity (Wildman–Crippen MR) is 90.5 cm³/mol. The van der Waals surface area contributed by atoms with Gasteiger partial charge in [0, 0.05) is 18.3 Å². The maximum absolute atomic E-state index is 14.0. The molecule has 0 aliphatic carbocycles. The van der Waals surface area contributed by atoms with E-state index in [1.807, 2.05) is 0 Å². The summed E-state index contributed by atoms with van der Waals surface area (Å²) in [5.74, 6) is 0.0586. The molecule has 0 atom stereocenters. The Bertz CT molecular complexity index is 1040. The largest absolute Gasteiger partial charge is 0.456 e. The number of aromatic nitrogens is 1. The Labute approximate surface area is 144 Å². The number of nitrogens with zero attached hydrogens (tertiary/aromatic N) is 2. The van der Waals surface area contributed by atoms with Gasteiger partial charge in [0.15, 0.2) is 0 Å². The second-order valence-electron chi connectivity index (χ2n) is 5.56. The summed E-state index contributed by atoms with van der Waals surface area (Å²) in [6, 6.07) is 14.0. The lowest BCUT2D eigenvalue weighted by atomic mass is 10.2. The molecule has 0 amide bonds. The highest BCUT2D eigenvalue weighted by atomic mass is 32.2. The van der Waals surface area contributed by atoms with Gasteiger partial charge in [-0.1, -0.05) is 18.2 Å². The Morgan fingerprint density at radius 2 is 1.88 bits per heavy atom. The first-order chi connectivity index (χ1) is 12.0. The summed E-state index contributed by atoms with van der Waals surface area (Å²) in [6.07, 6.45) is 3.09. The molecule has 0 bridgehead atoms. The van der Waals surface area contributed by atoms with Gasteiger partial charge in [0.25, 0.3) is 10.0 Å². The molecule has 1 aliphatic rings. The number of sulfonamides is 1. The first kappa shape index (κ1) is 15.6. The Morgan fingerprint density at radius 1 is 1.04 bits per heavy atom. The smallest absolute Gasteiger partial charge is 0.264 e. The number of fused-ring (bicyclic) bond motifs is 1. The lowest BCUT2D eigenvalue weighted by Gasteiger charge is -2.18. The van der Waals surface area contributed by atoms with E-state index in [4.69, 9.17) is 4.74 Å². The van der Waals surface area contributed by atoms with Gasteiger partial charge in [0.05, 0.1) is 23.3 Å². The maximum atomic E-state index is 14.0. The van der Waals surface area contributed by atoms with Crippen LogP contribution in [0.4, 0.5) is 10.1 Å². The minimum absolute atomic E-state index is 0.161. The average molecular weight is 356 g/mol. The fourth-order valence-corrected chi connectivity index (χ4v) is 4.41. The zero-order valence-electron chi connectivity index (χ0n) is 13.0. The van der Waals surface area contributed by atoms with Gasteiger partial charge >= 0.3 is 0 Å². The van der Waals surface area contributed by atoms with E-state index in [1.165, 1.54) is 28.7 Å². The van der Waals surface area contributed by atoms with Crippen molar-refractivity contribution in [3.63, 3.8) is 0 Å². The second-order valence-corrected chi connectivity index (χ2v) is 7.39. The first-order valence-corrected chi connectivity index (χ1v) is 8.97. The number of benzene rings is 2. The van der Waals surface area contributed by atoms with Crippen LogP contribution < -0.4 is 9.04 Å². The third kappa shape index (κ3) is 2.83. The highest BCUT2D eigenvalue weighted by Gasteiger charge is 2.34. The molecule has 1 aromatic heterocycles. The molecular weight excluding hydrogens is 343 g/mol. The summed E-state index contributed by atoms with van der Waals surface area (Å²) < 4.78 is 46.2. The molecule has 0 N–H and O–H groups in total. The summed E-state index contributed by atoms with van der Waals surface area (Å²) in [7, 11) is -3.71. The van der Waals surface area contributed by atoms with Crippen LogP contribution in [0.2, 0.25) is 0 Å². The van der Waals surface area contributed by atoms with Crippen molar-refractivity contribution in [1.82, 2.24) is 4.98 Å². The SMILES string of the molecule is O=S1(=O)c2ccccc2CN1c1cc(F)cc(Oc2cccnc2)c1. The van der Waals surface area contributed by atoms with Gasteiger partial charge < -0.3 is 4.74 Å². The van der Waals surface area contributed by atoms with Gasteiger partial charge in [-0.3, -0.25) is 9.29 Å². The molecule has 0 radical (unpaired) electrons. The molecule has 0 saturated carbocycles. The van der Waals surface area contributed by atoms with Crippen LogP contribution in [-0.2, 0) is 16.6 Å². The van der Waals surface area contributed by atoms with Gasteiger partial charge in [0.2, 0.25) is 0 Å². The number of anilines is 1. The van der Waals surface area contributed by atoms with Crippen molar-refractivity contribution in [2.45, 2.75) is 11.4 Å². The van der Waals surface area contributed by atoms with E-state index in [0.717, 1.165) is 0 Å². The van der Waals surface area contributed by atoms with Crippen molar-refractivity contribution in [1.29, 1.82) is 0 Å². The van der Waals surface area contributed by atoms with Crippen LogP contribution in [0.5, 0.6) is 11.5 Å². The van der Waals surface area contributed by atoms with Crippen LogP contribution in [0.15, 0.2) is 71.9 Å². The molecule has 126 valence electrons. The Balaban J connectivity index is 1.72. The fraction of sp³-hybridized carbons (Fsp3) is 0.0556. The monoisotopic (exact) mass is 356 g/mol. The van der Waals surface area contributed by atoms with Gasteiger partial charge in [-0.25, -0.2) is 12.8 Å². The van der Waals surface area contributed by atoms with Crippen molar-refractivity contribution in [3.05, 3.63) is 78.4 Å². The van der Waals surface area contributed by atoms with E-state index in [0.29, 0.717) is 11.3 Å². The molecule has 0 unspecified atom stereocenters. The van der Waals surface area contributed by atoms with E-state index < -0.39 is 15.8 Å². The molecule has 4 rings (SSSR count). The van der Waals surface area contributed by atoms with Crippen LogP contribution in [0.3, 0.4) is 0 Å². The molecular formula is C18H13FN2O3S. The van der Waals surface area contributed by atoms with Crippen LogP contribution >= 0.6 is 0 Å². The maximum Gasteiger partial charge on any atom is 0.264 e. The molecule has 25 heavy (non-hydrogen) atoms. The molecule has 5 nitrogen and oxygen atoms in total. The van der Waals surface area contributed by atoms with Crippen LogP contribution in [0.25, 0.3) is 0 Å². The van der Waals surface area contributed by atoms with E-state index in [9.17, 15) is 12.8 Å². The number of pyridine rings is 1. The van der Waals surface area contributed by atoms with E-state index in [2.05, 4.69) is 4.98 Å². The minimum atomic E-state index is -3.71. The van der Waals surface area contributed by atoms with Crippen molar-refractivity contribution in [2.75, 3.05) is 4.31 Å².